The summed E-state index contributed by atoms with van der Waals surface area (Å²) in [6.45, 7) is 0. The van der Waals surface area contributed by atoms with Crippen LogP contribution >= 0.6 is 11.6 Å². The largest absolute Gasteiger partial charge is 0.497 e. The van der Waals surface area contributed by atoms with Gasteiger partial charge in [-0.3, -0.25) is 0 Å². The van der Waals surface area contributed by atoms with Crippen LogP contribution in [0, 0.1) is 0 Å². The molecule has 0 spiro atoms. The smallest absolute Gasteiger partial charge is 0.345 e. The molecule has 0 fully saturated rings. The third-order valence-corrected chi connectivity index (χ3v) is 3.14. The third kappa shape index (κ3) is 4.39. The lowest BCUT2D eigenvalue weighted by atomic mass is 10.1. The van der Waals surface area contributed by atoms with E-state index in [0.717, 1.165) is 5.56 Å². The minimum absolute atomic E-state index is 0.229. The van der Waals surface area contributed by atoms with Crippen LogP contribution in [0.1, 0.15) is 5.56 Å². The molecule has 2 rings (SSSR count). The highest BCUT2D eigenvalue weighted by Crippen LogP contribution is 2.21. The van der Waals surface area contributed by atoms with E-state index in [0.29, 0.717) is 16.5 Å². The number of carboxylic acids is 1. The van der Waals surface area contributed by atoms with Gasteiger partial charge in [-0.2, -0.15) is 0 Å². The van der Waals surface area contributed by atoms with E-state index in [9.17, 15) is 9.90 Å². The highest BCUT2D eigenvalue weighted by Gasteiger charge is 2.20. The lowest BCUT2D eigenvalue weighted by Crippen LogP contribution is -2.29. The van der Waals surface area contributed by atoms with Crippen molar-refractivity contribution in [2.75, 3.05) is 7.11 Å². The van der Waals surface area contributed by atoms with Crippen molar-refractivity contribution in [1.29, 1.82) is 0 Å². The molecule has 1 atom stereocenters. The van der Waals surface area contributed by atoms with Gasteiger partial charge in [0.1, 0.15) is 11.5 Å². The van der Waals surface area contributed by atoms with Gasteiger partial charge in [0.15, 0.2) is 6.10 Å². The fourth-order valence-electron chi connectivity index (χ4n) is 1.90. The van der Waals surface area contributed by atoms with Crippen molar-refractivity contribution in [3.63, 3.8) is 0 Å². The summed E-state index contributed by atoms with van der Waals surface area (Å²) in [5, 5.41) is 9.87. The summed E-state index contributed by atoms with van der Waals surface area (Å²) in [7, 11) is 1.54. The molecule has 0 saturated heterocycles. The van der Waals surface area contributed by atoms with E-state index in [1.807, 2.05) is 6.07 Å². The maximum absolute atomic E-state index is 11.4. The Hall–Kier alpha value is -2.20. The molecule has 0 heterocycles. The highest BCUT2D eigenvalue weighted by molar-refractivity contribution is 6.30. The number of halogens is 1. The molecule has 0 radical (unpaired) electrons. The number of hydrogen-bond donors (Lipinski definition) is 1. The van der Waals surface area contributed by atoms with E-state index < -0.39 is 12.1 Å². The van der Waals surface area contributed by atoms with Crippen molar-refractivity contribution >= 4 is 17.6 Å². The molecule has 110 valence electrons. The molecule has 2 aromatic rings. The first-order valence-electron chi connectivity index (χ1n) is 6.36. The molecule has 0 aliphatic carbocycles. The lowest BCUT2D eigenvalue weighted by molar-refractivity contribution is -0.145. The first-order chi connectivity index (χ1) is 10.1. The van der Waals surface area contributed by atoms with Crippen molar-refractivity contribution in [3.05, 3.63) is 59.1 Å². The fraction of sp³-hybridized carbons (Fsp3) is 0.188. The van der Waals surface area contributed by atoms with Gasteiger partial charge in [-0.05, 0) is 29.8 Å². The Morgan fingerprint density at radius 2 is 1.90 bits per heavy atom. The van der Waals surface area contributed by atoms with Crippen molar-refractivity contribution in [2.24, 2.45) is 0 Å². The number of carboxylic acid groups (broad SMARTS) is 1. The average molecular weight is 307 g/mol. The summed E-state index contributed by atoms with van der Waals surface area (Å²) >= 11 is 5.90. The van der Waals surface area contributed by atoms with Gasteiger partial charge in [0.2, 0.25) is 0 Å². The number of hydrogen-bond acceptors (Lipinski definition) is 3. The van der Waals surface area contributed by atoms with Gasteiger partial charge in [0.05, 0.1) is 7.11 Å². The van der Waals surface area contributed by atoms with Crippen LogP contribution in [0.15, 0.2) is 48.5 Å². The van der Waals surface area contributed by atoms with Crippen LogP contribution in [0.5, 0.6) is 11.5 Å². The quantitative estimate of drug-likeness (QED) is 0.888. The van der Waals surface area contributed by atoms with Crippen molar-refractivity contribution in [1.82, 2.24) is 0 Å². The second-order valence-corrected chi connectivity index (χ2v) is 4.89. The standard InChI is InChI=1S/C16H15ClO4/c1-20-13-6-3-7-14(10-13)21-15(16(18)19)9-11-4-2-5-12(17)8-11/h2-8,10,15H,9H2,1H3,(H,18,19)/t15-/m0/s1. The fourth-order valence-corrected chi connectivity index (χ4v) is 2.11. The summed E-state index contributed by atoms with van der Waals surface area (Å²) in [6.07, 6.45) is -0.761. The summed E-state index contributed by atoms with van der Waals surface area (Å²) in [4.78, 5) is 11.4. The first kappa shape index (κ1) is 15.2. The molecule has 21 heavy (non-hydrogen) atoms. The molecule has 0 saturated carbocycles. The number of ether oxygens (including phenoxy) is 2. The number of aliphatic carboxylic acids is 1. The van der Waals surface area contributed by atoms with Crippen molar-refractivity contribution in [2.45, 2.75) is 12.5 Å². The molecule has 0 amide bonds. The predicted molar refractivity (Wildman–Crippen MR) is 80.2 cm³/mol. The zero-order valence-electron chi connectivity index (χ0n) is 11.5. The van der Waals surface area contributed by atoms with E-state index in [2.05, 4.69) is 0 Å². The summed E-state index contributed by atoms with van der Waals surface area (Å²) < 4.78 is 10.6. The Morgan fingerprint density at radius 1 is 1.19 bits per heavy atom. The molecular formula is C16H15ClO4. The maximum atomic E-state index is 11.4. The molecule has 5 heteroatoms. The molecule has 0 bridgehead atoms. The van der Waals surface area contributed by atoms with E-state index in [-0.39, 0.29) is 6.42 Å². The Labute approximate surface area is 127 Å². The molecule has 4 nitrogen and oxygen atoms in total. The van der Waals surface area contributed by atoms with Gasteiger partial charge in [0, 0.05) is 17.5 Å². The number of carbonyl (C=O) groups is 1. The zero-order chi connectivity index (χ0) is 15.2. The Kier molecular flexibility index (Phi) is 5.06. The SMILES string of the molecule is COc1cccc(O[C@@H](Cc2cccc(Cl)c2)C(=O)O)c1. The molecule has 0 unspecified atom stereocenters. The van der Waals surface area contributed by atoms with E-state index in [4.69, 9.17) is 21.1 Å². The molecule has 1 N–H and O–H groups in total. The normalized spacial score (nSPS) is 11.7. The molecule has 2 aromatic carbocycles. The van der Waals surface area contributed by atoms with Gasteiger partial charge in [-0.15, -0.1) is 0 Å². The maximum Gasteiger partial charge on any atom is 0.345 e. The average Bonchev–Trinajstić information content (AvgIpc) is 2.47. The topological polar surface area (TPSA) is 55.8 Å². The zero-order valence-corrected chi connectivity index (χ0v) is 12.2. The summed E-state index contributed by atoms with van der Waals surface area (Å²) in [5.74, 6) is 0.0287. The molecule has 0 aliphatic rings. The predicted octanol–water partition coefficient (Wildman–Crippen LogP) is 3.42. The van der Waals surface area contributed by atoms with Gasteiger partial charge >= 0.3 is 5.97 Å². The number of benzene rings is 2. The summed E-state index contributed by atoms with van der Waals surface area (Å²) in [6, 6.07) is 13.9. The minimum Gasteiger partial charge on any atom is -0.497 e. The van der Waals surface area contributed by atoms with Crippen LogP contribution in [0.3, 0.4) is 0 Å². The lowest BCUT2D eigenvalue weighted by Gasteiger charge is -2.16. The van der Waals surface area contributed by atoms with Crippen LogP contribution in [-0.2, 0) is 11.2 Å². The second-order valence-electron chi connectivity index (χ2n) is 4.46. The minimum atomic E-state index is -1.03. The van der Waals surface area contributed by atoms with Crippen molar-refractivity contribution in [3.8, 4) is 11.5 Å². The van der Waals surface area contributed by atoms with E-state index in [1.54, 1.807) is 49.6 Å². The van der Waals surface area contributed by atoms with Crippen LogP contribution in [-0.4, -0.2) is 24.3 Å². The van der Waals surface area contributed by atoms with E-state index >= 15 is 0 Å². The van der Waals surface area contributed by atoms with Gasteiger partial charge < -0.3 is 14.6 Å². The first-order valence-corrected chi connectivity index (χ1v) is 6.74. The second kappa shape index (κ2) is 6.99. The van der Waals surface area contributed by atoms with Crippen molar-refractivity contribution < 1.29 is 19.4 Å². The monoisotopic (exact) mass is 306 g/mol. The molecular weight excluding hydrogens is 292 g/mol. The summed E-state index contributed by atoms with van der Waals surface area (Å²) in [5.41, 5.74) is 0.804. The van der Waals surface area contributed by atoms with Gasteiger partial charge in [-0.1, -0.05) is 29.8 Å². The number of rotatable bonds is 6. The van der Waals surface area contributed by atoms with Crippen LogP contribution in [0.4, 0.5) is 0 Å². The Balaban J connectivity index is 2.13. The van der Waals surface area contributed by atoms with Crippen LogP contribution in [0.2, 0.25) is 5.02 Å². The van der Waals surface area contributed by atoms with Gasteiger partial charge in [0.25, 0.3) is 0 Å². The number of methoxy groups -OCH3 is 1. The Morgan fingerprint density at radius 3 is 2.57 bits per heavy atom. The third-order valence-electron chi connectivity index (χ3n) is 2.91. The van der Waals surface area contributed by atoms with Crippen LogP contribution in [0.25, 0.3) is 0 Å². The van der Waals surface area contributed by atoms with Gasteiger partial charge in [-0.25, -0.2) is 4.79 Å². The molecule has 0 aromatic heterocycles. The highest BCUT2D eigenvalue weighted by atomic mass is 35.5. The van der Waals surface area contributed by atoms with Crippen LogP contribution < -0.4 is 9.47 Å². The molecule has 0 aliphatic heterocycles. The van der Waals surface area contributed by atoms with E-state index in [1.165, 1.54) is 0 Å². The Bertz CT molecular complexity index is 627.